The van der Waals surface area contributed by atoms with Gasteiger partial charge in [0.25, 0.3) is 0 Å². The lowest BCUT2D eigenvalue weighted by molar-refractivity contribution is -0.384. The van der Waals surface area contributed by atoms with Crippen LogP contribution in [0.3, 0.4) is 0 Å². The number of hydrogen-bond donors (Lipinski definition) is 0. The van der Waals surface area contributed by atoms with E-state index in [9.17, 15) is 14.9 Å². The van der Waals surface area contributed by atoms with Crippen molar-refractivity contribution in [1.29, 1.82) is 0 Å². The third-order valence-corrected chi connectivity index (χ3v) is 4.00. The Balaban J connectivity index is 1.92. The molecular formula is C21H19N3O6. The van der Waals surface area contributed by atoms with Crippen molar-refractivity contribution in [3.8, 4) is 5.75 Å². The minimum Gasteiger partial charge on any atom is -0.468 e. The molecule has 0 aliphatic heterocycles. The number of carbonyl (C=O) groups excluding carboxylic acids is 1. The highest BCUT2D eigenvalue weighted by Crippen LogP contribution is 2.33. The molecule has 0 bridgehead atoms. The minimum atomic E-state index is -0.800. The van der Waals surface area contributed by atoms with Crippen molar-refractivity contribution in [2.75, 3.05) is 18.8 Å². The second-order valence-electron chi connectivity index (χ2n) is 6.02. The van der Waals surface area contributed by atoms with Crippen LogP contribution in [0.1, 0.15) is 5.56 Å². The maximum atomic E-state index is 12.9. The Hall–Kier alpha value is -3.98. The van der Waals surface area contributed by atoms with Crippen LogP contribution in [-0.2, 0) is 16.1 Å². The van der Waals surface area contributed by atoms with Crippen molar-refractivity contribution in [3.05, 3.63) is 88.6 Å². The van der Waals surface area contributed by atoms with Crippen LogP contribution >= 0.6 is 0 Å². The third-order valence-electron chi connectivity index (χ3n) is 4.00. The molecule has 0 saturated heterocycles. The normalized spacial score (nSPS) is 10.3. The van der Waals surface area contributed by atoms with Crippen molar-refractivity contribution in [3.63, 3.8) is 0 Å². The summed E-state index contributed by atoms with van der Waals surface area (Å²) < 4.78 is 15.6. The van der Waals surface area contributed by atoms with Crippen molar-refractivity contribution in [2.24, 2.45) is 0 Å². The van der Waals surface area contributed by atoms with Crippen molar-refractivity contribution in [1.82, 2.24) is 4.98 Å². The summed E-state index contributed by atoms with van der Waals surface area (Å²) in [5.41, 5.74) is 0.790. The number of aromatic nitrogens is 1. The van der Waals surface area contributed by atoms with Gasteiger partial charge in [-0.25, -0.2) is 14.7 Å². The van der Waals surface area contributed by atoms with Crippen LogP contribution in [-0.4, -0.2) is 29.9 Å². The molecule has 2 aromatic carbocycles. The van der Waals surface area contributed by atoms with E-state index >= 15 is 0 Å². The zero-order valence-electron chi connectivity index (χ0n) is 16.1. The van der Waals surface area contributed by atoms with Crippen molar-refractivity contribution >= 4 is 23.3 Å². The van der Waals surface area contributed by atoms with E-state index in [4.69, 9.17) is 14.2 Å². The summed E-state index contributed by atoms with van der Waals surface area (Å²) in [6, 6.07) is 18.2. The SMILES string of the molecule is COCOc1ccc(N(C(=O)OCc2ccccc2)c2ncccc2[N+](=O)[O-])cc1. The summed E-state index contributed by atoms with van der Waals surface area (Å²) in [6.45, 7) is 0.0692. The first kappa shape index (κ1) is 20.7. The van der Waals surface area contributed by atoms with E-state index in [0.717, 1.165) is 10.5 Å². The molecule has 0 aliphatic rings. The first-order chi connectivity index (χ1) is 14.6. The van der Waals surface area contributed by atoms with Gasteiger partial charge < -0.3 is 14.2 Å². The molecule has 0 aliphatic carbocycles. The summed E-state index contributed by atoms with van der Waals surface area (Å²) in [6.07, 6.45) is 0.571. The number of pyridine rings is 1. The van der Waals surface area contributed by atoms with Gasteiger partial charge in [0.15, 0.2) is 6.79 Å². The Bertz CT molecular complexity index is 995. The number of anilines is 2. The van der Waals surface area contributed by atoms with Gasteiger partial charge in [-0.15, -0.1) is 0 Å². The molecule has 154 valence electrons. The molecule has 0 fully saturated rings. The first-order valence-corrected chi connectivity index (χ1v) is 8.92. The van der Waals surface area contributed by atoms with Crippen LogP contribution in [0.5, 0.6) is 5.75 Å². The maximum Gasteiger partial charge on any atom is 0.420 e. The average molecular weight is 409 g/mol. The lowest BCUT2D eigenvalue weighted by atomic mass is 10.2. The highest BCUT2D eigenvalue weighted by atomic mass is 16.7. The molecule has 3 aromatic rings. The number of methoxy groups -OCH3 is 1. The Morgan fingerprint density at radius 2 is 1.80 bits per heavy atom. The van der Waals surface area contributed by atoms with Gasteiger partial charge in [0.05, 0.1) is 10.6 Å². The Morgan fingerprint density at radius 3 is 2.47 bits per heavy atom. The van der Waals surface area contributed by atoms with Gasteiger partial charge >= 0.3 is 11.8 Å². The number of hydrogen-bond acceptors (Lipinski definition) is 7. The Morgan fingerprint density at radius 1 is 1.07 bits per heavy atom. The van der Waals surface area contributed by atoms with Crippen LogP contribution < -0.4 is 9.64 Å². The lowest BCUT2D eigenvalue weighted by Crippen LogP contribution is -2.28. The number of nitrogens with zero attached hydrogens (tertiary/aromatic N) is 3. The van der Waals surface area contributed by atoms with Crippen LogP contribution in [0.15, 0.2) is 72.9 Å². The van der Waals surface area contributed by atoms with Gasteiger partial charge in [0.2, 0.25) is 5.82 Å². The first-order valence-electron chi connectivity index (χ1n) is 8.92. The molecule has 0 radical (unpaired) electrons. The molecule has 9 nitrogen and oxygen atoms in total. The highest BCUT2D eigenvalue weighted by molar-refractivity contribution is 5.97. The van der Waals surface area contributed by atoms with E-state index < -0.39 is 11.0 Å². The van der Waals surface area contributed by atoms with Gasteiger partial charge in [-0.1, -0.05) is 30.3 Å². The van der Waals surface area contributed by atoms with E-state index in [1.54, 1.807) is 24.3 Å². The van der Waals surface area contributed by atoms with Gasteiger partial charge in [0.1, 0.15) is 12.4 Å². The molecule has 0 N–H and O–H groups in total. The fourth-order valence-electron chi connectivity index (χ4n) is 2.62. The molecular weight excluding hydrogens is 390 g/mol. The van der Waals surface area contributed by atoms with Gasteiger partial charge in [-0.2, -0.15) is 0 Å². The van der Waals surface area contributed by atoms with E-state index in [-0.39, 0.29) is 24.9 Å². The molecule has 0 atom stereocenters. The molecule has 30 heavy (non-hydrogen) atoms. The average Bonchev–Trinajstić information content (AvgIpc) is 2.78. The zero-order valence-corrected chi connectivity index (χ0v) is 16.1. The molecule has 0 spiro atoms. The predicted octanol–water partition coefficient (Wildman–Crippen LogP) is 4.45. The predicted molar refractivity (Wildman–Crippen MR) is 109 cm³/mol. The third kappa shape index (κ3) is 5.09. The lowest BCUT2D eigenvalue weighted by Gasteiger charge is -2.21. The molecule has 0 unspecified atom stereocenters. The van der Waals surface area contributed by atoms with E-state index in [1.165, 1.54) is 25.4 Å². The summed E-state index contributed by atoms with van der Waals surface area (Å²) >= 11 is 0. The fourth-order valence-corrected chi connectivity index (χ4v) is 2.62. The van der Waals surface area contributed by atoms with Crippen LogP contribution in [0.4, 0.5) is 22.0 Å². The quantitative estimate of drug-likeness (QED) is 0.307. The monoisotopic (exact) mass is 409 g/mol. The fraction of sp³-hybridized carbons (Fsp3) is 0.143. The number of rotatable bonds is 8. The van der Waals surface area contributed by atoms with E-state index in [0.29, 0.717) is 11.4 Å². The number of ether oxygens (including phenoxy) is 3. The standard InChI is InChI=1S/C21H19N3O6/c1-28-15-30-18-11-9-17(10-12-18)23(20-19(24(26)27)8-5-13-22-20)21(25)29-14-16-6-3-2-4-7-16/h2-13H,14-15H2,1H3. The smallest absolute Gasteiger partial charge is 0.420 e. The largest absolute Gasteiger partial charge is 0.468 e. The second-order valence-corrected chi connectivity index (χ2v) is 6.02. The van der Waals surface area contributed by atoms with E-state index in [2.05, 4.69) is 4.98 Å². The number of carbonyl (C=O) groups is 1. The molecule has 3 rings (SSSR count). The summed E-state index contributed by atoms with van der Waals surface area (Å²) in [5.74, 6) is 0.361. The van der Waals surface area contributed by atoms with Crippen LogP contribution in [0.2, 0.25) is 0 Å². The topological polar surface area (TPSA) is 104 Å². The summed E-state index contributed by atoms with van der Waals surface area (Å²) in [5, 5.41) is 11.5. The highest BCUT2D eigenvalue weighted by Gasteiger charge is 2.28. The molecule has 1 heterocycles. The minimum absolute atomic E-state index is 0.00579. The number of benzene rings is 2. The van der Waals surface area contributed by atoms with Crippen LogP contribution in [0, 0.1) is 10.1 Å². The van der Waals surface area contributed by atoms with Crippen molar-refractivity contribution in [2.45, 2.75) is 6.61 Å². The Kier molecular flexibility index (Phi) is 6.91. The van der Waals surface area contributed by atoms with E-state index in [1.807, 2.05) is 30.3 Å². The van der Waals surface area contributed by atoms with Gasteiger partial charge in [-0.3, -0.25) is 10.1 Å². The van der Waals surface area contributed by atoms with Crippen molar-refractivity contribution < 1.29 is 23.9 Å². The number of nitro groups is 1. The second kappa shape index (κ2) is 9.99. The molecule has 1 aromatic heterocycles. The molecule has 0 saturated carbocycles. The van der Waals surface area contributed by atoms with Crippen LogP contribution in [0.25, 0.3) is 0 Å². The Labute approximate surface area is 172 Å². The summed E-state index contributed by atoms with van der Waals surface area (Å²) in [4.78, 5) is 28.9. The maximum absolute atomic E-state index is 12.9. The van der Waals surface area contributed by atoms with Gasteiger partial charge in [-0.05, 0) is 35.9 Å². The number of amides is 1. The zero-order chi connectivity index (χ0) is 21.3. The summed E-state index contributed by atoms with van der Waals surface area (Å²) in [7, 11) is 1.50. The molecule has 9 heteroatoms. The molecule has 1 amide bonds. The van der Waals surface area contributed by atoms with Gasteiger partial charge in [0, 0.05) is 19.4 Å².